The molecule has 2 N–H and O–H groups in total. The molecule has 0 aliphatic carbocycles. The quantitative estimate of drug-likeness (QED) is 0.648. The number of nitrogens with one attached hydrogen (secondary N) is 2. The summed E-state index contributed by atoms with van der Waals surface area (Å²) >= 11 is 12.1. The molecule has 24 heavy (non-hydrogen) atoms. The second-order valence-electron chi connectivity index (χ2n) is 4.89. The SMILES string of the molecule is COc1ccc(Nc2cc(Nc3cc(Cl)ccc3Cl)ncn2)cc1. The number of rotatable bonds is 5. The van der Waals surface area contributed by atoms with Crippen LogP contribution in [0.4, 0.5) is 23.0 Å². The van der Waals surface area contributed by atoms with E-state index in [4.69, 9.17) is 27.9 Å². The van der Waals surface area contributed by atoms with E-state index in [1.165, 1.54) is 6.33 Å². The Morgan fingerprint density at radius 3 is 2.29 bits per heavy atom. The average Bonchev–Trinajstić information content (AvgIpc) is 2.59. The van der Waals surface area contributed by atoms with Crippen molar-refractivity contribution in [2.75, 3.05) is 17.7 Å². The van der Waals surface area contributed by atoms with Gasteiger partial charge in [0.15, 0.2) is 0 Å². The Kier molecular flexibility index (Phi) is 5.03. The Morgan fingerprint density at radius 2 is 1.58 bits per heavy atom. The minimum Gasteiger partial charge on any atom is -0.497 e. The molecule has 2 aromatic carbocycles. The normalized spacial score (nSPS) is 10.3. The standard InChI is InChI=1S/C17H14Cl2N4O/c1-24-13-5-3-12(4-6-13)22-16-9-17(21-10-20-16)23-15-8-11(18)2-7-14(15)19/h2-10H,1H3,(H2,20,21,22,23). The molecule has 0 radical (unpaired) electrons. The van der Waals surface area contributed by atoms with Crippen LogP contribution in [0.3, 0.4) is 0 Å². The topological polar surface area (TPSA) is 59.1 Å². The van der Waals surface area contributed by atoms with Gasteiger partial charge in [0.1, 0.15) is 23.7 Å². The highest BCUT2D eigenvalue weighted by Gasteiger charge is 2.05. The lowest BCUT2D eigenvalue weighted by Gasteiger charge is -2.10. The van der Waals surface area contributed by atoms with E-state index in [2.05, 4.69) is 20.6 Å². The van der Waals surface area contributed by atoms with Crippen LogP contribution in [-0.2, 0) is 0 Å². The van der Waals surface area contributed by atoms with E-state index >= 15 is 0 Å². The number of aromatic nitrogens is 2. The van der Waals surface area contributed by atoms with E-state index in [-0.39, 0.29) is 0 Å². The minimum absolute atomic E-state index is 0.558. The van der Waals surface area contributed by atoms with E-state index in [1.807, 2.05) is 24.3 Å². The zero-order valence-corrected chi connectivity index (χ0v) is 14.3. The molecule has 1 aromatic heterocycles. The summed E-state index contributed by atoms with van der Waals surface area (Å²) in [5, 5.41) is 7.48. The number of anilines is 4. The second-order valence-corrected chi connectivity index (χ2v) is 5.73. The van der Waals surface area contributed by atoms with Crippen molar-refractivity contribution in [2.24, 2.45) is 0 Å². The summed E-state index contributed by atoms with van der Waals surface area (Å²) in [5.74, 6) is 2.04. The largest absolute Gasteiger partial charge is 0.497 e. The fourth-order valence-corrected chi connectivity index (χ4v) is 2.38. The van der Waals surface area contributed by atoms with Crippen molar-refractivity contribution >= 4 is 46.2 Å². The minimum atomic E-state index is 0.558. The van der Waals surface area contributed by atoms with Crippen LogP contribution in [-0.4, -0.2) is 17.1 Å². The van der Waals surface area contributed by atoms with Crippen molar-refractivity contribution in [3.05, 3.63) is 64.9 Å². The van der Waals surface area contributed by atoms with Crippen LogP contribution in [0.2, 0.25) is 10.0 Å². The molecule has 5 nitrogen and oxygen atoms in total. The molecule has 7 heteroatoms. The van der Waals surface area contributed by atoms with Crippen LogP contribution in [0.25, 0.3) is 0 Å². The Hall–Kier alpha value is -2.50. The predicted molar refractivity (Wildman–Crippen MR) is 98.1 cm³/mol. The molecule has 0 aliphatic rings. The Balaban J connectivity index is 1.77. The lowest BCUT2D eigenvalue weighted by atomic mass is 10.3. The molecule has 0 saturated heterocycles. The van der Waals surface area contributed by atoms with Gasteiger partial charge < -0.3 is 15.4 Å². The Bertz CT molecular complexity index is 840. The molecule has 3 rings (SSSR count). The summed E-state index contributed by atoms with van der Waals surface area (Å²) in [7, 11) is 1.63. The zero-order chi connectivity index (χ0) is 16.9. The molecule has 0 atom stereocenters. The fourth-order valence-electron chi connectivity index (χ4n) is 2.05. The third-order valence-electron chi connectivity index (χ3n) is 3.22. The van der Waals surface area contributed by atoms with Gasteiger partial charge in [-0.05, 0) is 42.5 Å². The zero-order valence-electron chi connectivity index (χ0n) is 12.8. The van der Waals surface area contributed by atoms with Gasteiger partial charge in [0, 0.05) is 16.8 Å². The molecule has 0 amide bonds. The van der Waals surface area contributed by atoms with Crippen molar-refractivity contribution in [2.45, 2.75) is 0 Å². The van der Waals surface area contributed by atoms with Gasteiger partial charge in [0.2, 0.25) is 0 Å². The van der Waals surface area contributed by atoms with Gasteiger partial charge in [-0.1, -0.05) is 23.2 Å². The van der Waals surface area contributed by atoms with Crippen LogP contribution in [0.15, 0.2) is 54.9 Å². The summed E-state index contributed by atoms with van der Waals surface area (Å²) in [4.78, 5) is 8.40. The number of hydrogen-bond donors (Lipinski definition) is 2. The molecule has 122 valence electrons. The highest BCUT2D eigenvalue weighted by atomic mass is 35.5. The second kappa shape index (κ2) is 7.38. The summed E-state index contributed by atoms with van der Waals surface area (Å²) in [6, 6.07) is 14.5. The first-order valence-electron chi connectivity index (χ1n) is 7.09. The molecule has 0 spiro atoms. The highest BCUT2D eigenvalue weighted by molar-refractivity contribution is 6.35. The molecular formula is C17H14Cl2N4O. The van der Waals surface area contributed by atoms with Crippen LogP contribution < -0.4 is 15.4 Å². The maximum absolute atomic E-state index is 6.15. The molecule has 0 bridgehead atoms. The average molecular weight is 361 g/mol. The van der Waals surface area contributed by atoms with Gasteiger partial charge in [-0.15, -0.1) is 0 Å². The third-order valence-corrected chi connectivity index (χ3v) is 3.79. The maximum Gasteiger partial charge on any atom is 0.135 e. The van der Waals surface area contributed by atoms with Crippen molar-refractivity contribution in [1.82, 2.24) is 9.97 Å². The van der Waals surface area contributed by atoms with Gasteiger partial charge >= 0.3 is 0 Å². The number of methoxy groups -OCH3 is 1. The van der Waals surface area contributed by atoms with Crippen LogP contribution in [0.1, 0.15) is 0 Å². The Labute approximate surface area is 149 Å². The first-order chi connectivity index (χ1) is 11.6. The van der Waals surface area contributed by atoms with Crippen molar-refractivity contribution < 1.29 is 4.74 Å². The van der Waals surface area contributed by atoms with E-state index in [0.29, 0.717) is 27.4 Å². The lowest BCUT2D eigenvalue weighted by Crippen LogP contribution is -1.99. The van der Waals surface area contributed by atoms with E-state index in [9.17, 15) is 0 Å². The number of halogens is 2. The number of benzene rings is 2. The molecular weight excluding hydrogens is 347 g/mol. The predicted octanol–water partition coefficient (Wildman–Crippen LogP) is 5.28. The monoisotopic (exact) mass is 360 g/mol. The van der Waals surface area contributed by atoms with Crippen molar-refractivity contribution in [1.29, 1.82) is 0 Å². The van der Waals surface area contributed by atoms with Crippen LogP contribution in [0, 0.1) is 0 Å². The van der Waals surface area contributed by atoms with Crippen molar-refractivity contribution in [3.63, 3.8) is 0 Å². The summed E-state index contributed by atoms with van der Waals surface area (Å²) in [6.07, 6.45) is 1.46. The van der Waals surface area contributed by atoms with E-state index in [1.54, 1.807) is 31.4 Å². The molecule has 0 saturated carbocycles. The van der Waals surface area contributed by atoms with Gasteiger partial charge in [-0.2, -0.15) is 0 Å². The fraction of sp³-hybridized carbons (Fsp3) is 0.0588. The highest BCUT2D eigenvalue weighted by Crippen LogP contribution is 2.28. The summed E-state index contributed by atoms with van der Waals surface area (Å²) < 4.78 is 5.14. The molecule has 1 heterocycles. The van der Waals surface area contributed by atoms with E-state index < -0.39 is 0 Å². The molecule has 0 fully saturated rings. The number of hydrogen-bond acceptors (Lipinski definition) is 5. The summed E-state index contributed by atoms with van der Waals surface area (Å²) in [5.41, 5.74) is 1.57. The molecule has 0 aliphatic heterocycles. The number of ether oxygens (including phenoxy) is 1. The van der Waals surface area contributed by atoms with Gasteiger partial charge in [0.05, 0.1) is 17.8 Å². The molecule has 3 aromatic rings. The lowest BCUT2D eigenvalue weighted by molar-refractivity contribution is 0.415. The van der Waals surface area contributed by atoms with E-state index in [0.717, 1.165) is 11.4 Å². The third kappa shape index (κ3) is 4.07. The van der Waals surface area contributed by atoms with Crippen LogP contribution >= 0.6 is 23.2 Å². The summed E-state index contributed by atoms with van der Waals surface area (Å²) in [6.45, 7) is 0. The van der Waals surface area contributed by atoms with Gasteiger partial charge in [0.25, 0.3) is 0 Å². The molecule has 0 unspecified atom stereocenters. The smallest absolute Gasteiger partial charge is 0.135 e. The Morgan fingerprint density at radius 1 is 0.875 bits per heavy atom. The first kappa shape index (κ1) is 16.4. The maximum atomic E-state index is 6.15. The van der Waals surface area contributed by atoms with Crippen molar-refractivity contribution in [3.8, 4) is 5.75 Å². The van der Waals surface area contributed by atoms with Gasteiger partial charge in [-0.25, -0.2) is 9.97 Å². The number of nitrogens with zero attached hydrogens (tertiary/aromatic N) is 2. The van der Waals surface area contributed by atoms with Crippen LogP contribution in [0.5, 0.6) is 5.75 Å². The van der Waals surface area contributed by atoms with Gasteiger partial charge in [-0.3, -0.25) is 0 Å². The first-order valence-corrected chi connectivity index (χ1v) is 7.85.